The second kappa shape index (κ2) is 4.86. The summed E-state index contributed by atoms with van der Waals surface area (Å²) in [6.45, 7) is 1.74. The predicted molar refractivity (Wildman–Crippen MR) is 68.6 cm³/mol. The average Bonchev–Trinajstić information content (AvgIpc) is 3.21. The van der Waals surface area contributed by atoms with Gasteiger partial charge in [-0.1, -0.05) is 6.07 Å². The van der Waals surface area contributed by atoms with Crippen LogP contribution in [-0.4, -0.2) is 17.1 Å². The quantitative estimate of drug-likeness (QED) is 0.644. The highest BCUT2D eigenvalue weighted by Gasteiger charge is 2.43. The Labute approximate surface area is 110 Å². The van der Waals surface area contributed by atoms with Crippen molar-refractivity contribution in [1.82, 2.24) is 0 Å². The third-order valence-electron chi connectivity index (χ3n) is 3.29. The van der Waals surface area contributed by atoms with Gasteiger partial charge in [0.05, 0.1) is 11.0 Å². The van der Waals surface area contributed by atoms with E-state index in [1.165, 1.54) is 12.1 Å². The standard InChI is InChI=1S/C13H15N3O3/c1-9-2-5-12(11(6-9)16(17)18)19-8-13(15,7-14)10-3-4-10/h2,5-6,10H,3-4,8,15H2,1H3. The molecule has 0 spiro atoms. The highest BCUT2D eigenvalue weighted by Crippen LogP contribution is 2.38. The summed E-state index contributed by atoms with van der Waals surface area (Å²) in [7, 11) is 0. The van der Waals surface area contributed by atoms with Crippen molar-refractivity contribution in [2.24, 2.45) is 11.7 Å². The lowest BCUT2D eigenvalue weighted by Crippen LogP contribution is -2.46. The maximum atomic E-state index is 10.9. The molecule has 2 N–H and O–H groups in total. The van der Waals surface area contributed by atoms with E-state index in [4.69, 9.17) is 15.7 Å². The topological polar surface area (TPSA) is 102 Å². The lowest BCUT2D eigenvalue weighted by molar-refractivity contribution is -0.386. The lowest BCUT2D eigenvalue weighted by atomic mass is 9.98. The van der Waals surface area contributed by atoms with Gasteiger partial charge in [-0.2, -0.15) is 5.26 Å². The van der Waals surface area contributed by atoms with E-state index in [0.29, 0.717) is 0 Å². The molecular formula is C13H15N3O3. The molecule has 1 aromatic rings. The minimum Gasteiger partial charge on any atom is -0.484 e. The Bertz CT molecular complexity index is 549. The van der Waals surface area contributed by atoms with Crippen LogP contribution in [0.5, 0.6) is 5.75 Å². The number of nitro benzene ring substituents is 1. The van der Waals surface area contributed by atoms with Crippen molar-refractivity contribution < 1.29 is 9.66 Å². The Morgan fingerprint density at radius 1 is 1.63 bits per heavy atom. The highest BCUT2D eigenvalue weighted by atomic mass is 16.6. The first kappa shape index (κ1) is 13.3. The molecule has 0 bridgehead atoms. The van der Waals surface area contributed by atoms with Gasteiger partial charge in [-0.05, 0) is 37.3 Å². The molecular weight excluding hydrogens is 246 g/mol. The van der Waals surface area contributed by atoms with Crippen molar-refractivity contribution in [1.29, 1.82) is 5.26 Å². The first-order valence-corrected chi connectivity index (χ1v) is 6.04. The van der Waals surface area contributed by atoms with E-state index in [1.807, 2.05) is 0 Å². The zero-order chi connectivity index (χ0) is 14.0. The van der Waals surface area contributed by atoms with Gasteiger partial charge >= 0.3 is 5.69 Å². The van der Waals surface area contributed by atoms with Crippen LogP contribution in [0.2, 0.25) is 0 Å². The molecule has 1 atom stereocenters. The molecule has 0 heterocycles. The molecule has 0 amide bonds. The largest absolute Gasteiger partial charge is 0.484 e. The second-order valence-electron chi connectivity index (χ2n) is 4.94. The number of nitro groups is 1. The molecule has 1 fully saturated rings. The van der Waals surface area contributed by atoms with E-state index >= 15 is 0 Å². The number of aryl methyl sites for hydroxylation is 1. The van der Waals surface area contributed by atoms with E-state index in [9.17, 15) is 10.1 Å². The Morgan fingerprint density at radius 2 is 2.32 bits per heavy atom. The molecule has 0 radical (unpaired) electrons. The molecule has 1 unspecified atom stereocenters. The summed E-state index contributed by atoms with van der Waals surface area (Å²) >= 11 is 0. The zero-order valence-corrected chi connectivity index (χ0v) is 10.6. The Balaban J connectivity index is 2.15. The third-order valence-corrected chi connectivity index (χ3v) is 3.29. The normalized spacial score (nSPS) is 17.3. The van der Waals surface area contributed by atoms with Gasteiger partial charge in [0.1, 0.15) is 12.1 Å². The monoisotopic (exact) mass is 261 g/mol. The van der Waals surface area contributed by atoms with Crippen LogP contribution in [0.4, 0.5) is 5.69 Å². The number of hydrogen-bond acceptors (Lipinski definition) is 5. The Morgan fingerprint density at radius 3 is 2.84 bits per heavy atom. The molecule has 100 valence electrons. The minimum absolute atomic E-state index is 0.0297. The van der Waals surface area contributed by atoms with Crippen LogP contribution in [0.3, 0.4) is 0 Å². The van der Waals surface area contributed by atoms with Gasteiger partial charge in [0.15, 0.2) is 5.75 Å². The van der Waals surface area contributed by atoms with Crippen molar-refractivity contribution in [3.05, 3.63) is 33.9 Å². The van der Waals surface area contributed by atoms with E-state index in [1.54, 1.807) is 13.0 Å². The van der Waals surface area contributed by atoms with Gasteiger partial charge in [-0.25, -0.2) is 0 Å². The Kier molecular flexibility index (Phi) is 3.40. The number of nitrogens with two attached hydrogens (primary N) is 1. The van der Waals surface area contributed by atoms with Gasteiger partial charge < -0.3 is 10.5 Å². The van der Waals surface area contributed by atoms with Crippen molar-refractivity contribution in [3.8, 4) is 11.8 Å². The summed E-state index contributed by atoms with van der Waals surface area (Å²) in [6.07, 6.45) is 1.81. The number of nitriles is 1. The van der Waals surface area contributed by atoms with Gasteiger partial charge in [0.2, 0.25) is 0 Å². The predicted octanol–water partition coefficient (Wildman–Crippen LogP) is 1.91. The van der Waals surface area contributed by atoms with Crippen LogP contribution in [0.15, 0.2) is 18.2 Å². The summed E-state index contributed by atoms with van der Waals surface area (Å²) in [6, 6.07) is 6.76. The maximum Gasteiger partial charge on any atom is 0.311 e. The zero-order valence-electron chi connectivity index (χ0n) is 10.6. The smallest absolute Gasteiger partial charge is 0.311 e. The van der Waals surface area contributed by atoms with Crippen molar-refractivity contribution >= 4 is 5.69 Å². The summed E-state index contributed by atoms with van der Waals surface area (Å²) in [5.41, 5.74) is 5.57. The average molecular weight is 261 g/mol. The van der Waals surface area contributed by atoms with Gasteiger partial charge in [-0.15, -0.1) is 0 Å². The molecule has 0 aromatic heterocycles. The van der Waals surface area contributed by atoms with E-state index in [2.05, 4.69) is 6.07 Å². The number of hydrogen-bond donors (Lipinski definition) is 1. The van der Waals surface area contributed by atoms with Crippen LogP contribution < -0.4 is 10.5 Å². The third kappa shape index (κ3) is 2.83. The molecule has 19 heavy (non-hydrogen) atoms. The SMILES string of the molecule is Cc1ccc(OCC(N)(C#N)C2CC2)c([N+](=O)[O-])c1. The summed E-state index contributed by atoms with van der Waals surface area (Å²) in [5.74, 6) is 0.281. The van der Waals surface area contributed by atoms with Gasteiger partial charge in [0.25, 0.3) is 0 Å². The maximum absolute atomic E-state index is 10.9. The molecule has 6 nitrogen and oxygen atoms in total. The van der Waals surface area contributed by atoms with Gasteiger partial charge in [-0.3, -0.25) is 10.1 Å². The van der Waals surface area contributed by atoms with Crippen LogP contribution in [0.25, 0.3) is 0 Å². The van der Waals surface area contributed by atoms with Crippen LogP contribution >= 0.6 is 0 Å². The van der Waals surface area contributed by atoms with E-state index in [-0.39, 0.29) is 24.0 Å². The fourth-order valence-corrected chi connectivity index (χ4v) is 1.93. The molecule has 2 rings (SSSR count). The number of nitrogens with zero attached hydrogens (tertiary/aromatic N) is 2. The summed E-state index contributed by atoms with van der Waals surface area (Å²) in [4.78, 5) is 10.4. The van der Waals surface area contributed by atoms with Crippen LogP contribution in [0.1, 0.15) is 18.4 Å². The molecule has 1 saturated carbocycles. The van der Waals surface area contributed by atoms with Crippen molar-refractivity contribution in [2.45, 2.75) is 25.3 Å². The van der Waals surface area contributed by atoms with E-state index < -0.39 is 10.5 Å². The summed E-state index contributed by atoms with van der Waals surface area (Å²) in [5, 5.41) is 20.1. The number of benzene rings is 1. The molecule has 1 aliphatic rings. The van der Waals surface area contributed by atoms with Crippen LogP contribution in [0, 0.1) is 34.3 Å². The fourth-order valence-electron chi connectivity index (χ4n) is 1.93. The molecule has 1 aromatic carbocycles. The molecule has 0 saturated heterocycles. The number of rotatable bonds is 5. The Hall–Kier alpha value is -2.13. The van der Waals surface area contributed by atoms with Crippen molar-refractivity contribution in [3.63, 3.8) is 0 Å². The molecule has 6 heteroatoms. The first-order chi connectivity index (χ1) is 8.96. The fraction of sp³-hybridized carbons (Fsp3) is 0.462. The van der Waals surface area contributed by atoms with Crippen molar-refractivity contribution in [2.75, 3.05) is 6.61 Å². The highest BCUT2D eigenvalue weighted by molar-refractivity contribution is 5.48. The summed E-state index contributed by atoms with van der Waals surface area (Å²) < 4.78 is 5.42. The minimum atomic E-state index is -1.06. The number of ether oxygens (including phenoxy) is 1. The van der Waals surface area contributed by atoms with E-state index in [0.717, 1.165) is 18.4 Å². The molecule has 1 aliphatic carbocycles. The lowest BCUT2D eigenvalue weighted by Gasteiger charge is -2.21. The molecule has 0 aliphatic heterocycles. The first-order valence-electron chi connectivity index (χ1n) is 6.04. The second-order valence-corrected chi connectivity index (χ2v) is 4.94. The van der Waals surface area contributed by atoms with Gasteiger partial charge in [0, 0.05) is 6.07 Å². The van der Waals surface area contributed by atoms with Crippen LogP contribution in [-0.2, 0) is 0 Å².